The molecule has 0 bridgehead atoms. The Morgan fingerprint density at radius 2 is 2.00 bits per heavy atom. The minimum atomic E-state index is 0.00734. The minimum absolute atomic E-state index is 0.00734. The molecule has 0 spiro atoms. The number of nitrogens with zero attached hydrogens (tertiary/aromatic N) is 1. The van der Waals surface area contributed by atoms with Gasteiger partial charge in [-0.05, 0) is 32.1 Å². The molecule has 0 aliphatic heterocycles. The van der Waals surface area contributed by atoms with Gasteiger partial charge in [-0.2, -0.15) is 5.10 Å². The van der Waals surface area contributed by atoms with E-state index in [1.54, 1.807) is 0 Å². The predicted molar refractivity (Wildman–Crippen MR) is 76.1 cm³/mol. The van der Waals surface area contributed by atoms with Crippen molar-refractivity contribution < 1.29 is 4.79 Å². The molecule has 1 aromatic rings. The van der Waals surface area contributed by atoms with Crippen LogP contribution in [0.25, 0.3) is 0 Å². The van der Waals surface area contributed by atoms with Crippen LogP contribution < -0.4 is 5.32 Å². The fraction of sp³-hybridized carbons (Fsp3) is 0.733. The quantitative estimate of drug-likeness (QED) is 0.877. The molecule has 2 N–H and O–H groups in total. The van der Waals surface area contributed by atoms with Crippen LogP contribution in [-0.2, 0) is 0 Å². The Bertz CT molecular complexity index is 411. The topological polar surface area (TPSA) is 57.8 Å². The van der Waals surface area contributed by atoms with E-state index in [4.69, 9.17) is 0 Å². The number of carbonyl (C=O) groups excluding carboxylic acids is 1. The molecule has 1 heterocycles. The van der Waals surface area contributed by atoms with Gasteiger partial charge in [0.25, 0.3) is 5.91 Å². The summed E-state index contributed by atoms with van der Waals surface area (Å²) >= 11 is 0. The lowest BCUT2D eigenvalue weighted by Gasteiger charge is -2.26. The Kier molecular flexibility index (Phi) is 4.61. The summed E-state index contributed by atoms with van der Waals surface area (Å²) in [5, 5.41) is 9.94. The molecule has 1 aliphatic rings. The van der Waals surface area contributed by atoms with E-state index in [1.807, 2.05) is 13.8 Å². The number of hydrogen-bond acceptors (Lipinski definition) is 2. The maximum atomic E-state index is 12.1. The third kappa shape index (κ3) is 3.58. The minimum Gasteiger partial charge on any atom is -0.352 e. The molecule has 4 nitrogen and oxygen atoms in total. The molecule has 1 saturated carbocycles. The highest BCUT2D eigenvalue weighted by Crippen LogP contribution is 2.29. The van der Waals surface area contributed by atoms with Gasteiger partial charge in [0.1, 0.15) is 0 Å². The van der Waals surface area contributed by atoms with Gasteiger partial charge in [0.2, 0.25) is 0 Å². The summed E-state index contributed by atoms with van der Waals surface area (Å²) in [4.78, 5) is 12.1. The van der Waals surface area contributed by atoms with E-state index in [9.17, 15) is 4.79 Å². The van der Waals surface area contributed by atoms with Gasteiger partial charge in [-0.3, -0.25) is 9.89 Å². The van der Waals surface area contributed by atoms with Crippen molar-refractivity contribution in [3.8, 4) is 0 Å². The Morgan fingerprint density at radius 3 is 2.58 bits per heavy atom. The van der Waals surface area contributed by atoms with Crippen LogP contribution in [0.1, 0.15) is 60.8 Å². The number of carbonyl (C=O) groups is 1. The van der Waals surface area contributed by atoms with Gasteiger partial charge in [0, 0.05) is 12.2 Å². The van der Waals surface area contributed by atoms with Gasteiger partial charge in [-0.25, -0.2) is 0 Å². The van der Waals surface area contributed by atoms with E-state index in [-0.39, 0.29) is 5.91 Å². The highest BCUT2D eigenvalue weighted by molar-refractivity contribution is 5.96. The number of H-pyrrole nitrogens is 1. The van der Waals surface area contributed by atoms with Crippen LogP contribution in [0.2, 0.25) is 0 Å². The van der Waals surface area contributed by atoms with Crippen molar-refractivity contribution in [1.82, 2.24) is 15.5 Å². The van der Waals surface area contributed by atoms with Crippen LogP contribution in [-0.4, -0.2) is 22.6 Å². The molecule has 106 valence electrons. The largest absolute Gasteiger partial charge is 0.352 e. The zero-order valence-corrected chi connectivity index (χ0v) is 12.3. The molecule has 4 heteroatoms. The molecule has 0 saturated heterocycles. The van der Waals surface area contributed by atoms with Gasteiger partial charge in [0.05, 0.1) is 11.3 Å². The molecule has 1 amide bonds. The monoisotopic (exact) mass is 263 g/mol. The van der Waals surface area contributed by atoms with Crippen molar-refractivity contribution in [3.63, 3.8) is 0 Å². The Labute approximate surface area is 115 Å². The normalized spacial score (nSPS) is 23.3. The second kappa shape index (κ2) is 6.22. The smallest absolute Gasteiger partial charge is 0.255 e. The summed E-state index contributed by atoms with van der Waals surface area (Å²) in [5.41, 5.74) is 2.33. The summed E-state index contributed by atoms with van der Waals surface area (Å²) < 4.78 is 0. The van der Waals surface area contributed by atoms with Crippen LogP contribution >= 0.6 is 0 Å². The molecular formula is C15H25N3O. The Morgan fingerprint density at radius 1 is 1.32 bits per heavy atom. The van der Waals surface area contributed by atoms with E-state index in [2.05, 4.69) is 22.4 Å². The molecule has 0 unspecified atom stereocenters. The van der Waals surface area contributed by atoms with Crippen LogP contribution in [0, 0.1) is 25.7 Å². The molecule has 0 aromatic carbocycles. The summed E-state index contributed by atoms with van der Waals surface area (Å²) in [7, 11) is 0. The van der Waals surface area contributed by atoms with E-state index in [0.717, 1.165) is 36.2 Å². The van der Waals surface area contributed by atoms with Crippen molar-refractivity contribution in [1.29, 1.82) is 0 Å². The zero-order chi connectivity index (χ0) is 13.8. The lowest BCUT2D eigenvalue weighted by Crippen LogP contribution is -2.27. The number of aryl methyl sites for hydroxylation is 2. The number of aromatic amines is 1. The summed E-state index contributed by atoms with van der Waals surface area (Å²) in [6.07, 6.45) is 6.44. The molecule has 0 radical (unpaired) electrons. The van der Waals surface area contributed by atoms with E-state index < -0.39 is 0 Å². The van der Waals surface area contributed by atoms with Crippen LogP contribution in [0.5, 0.6) is 0 Å². The lowest BCUT2D eigenvalue weighted by molar-refractivity contribution is 0.0948. The maximum Gasteiger partial charge on any atom is 0.255 e. The second-order valence-electron chi connectivity index (χ2n) is 5.98. The van der Waals surface area contributed by atoms with Crippen LogP contribution in [0.3, 0.4) is 0 Å². The van der Waals surface area contributed by atoms with Crippen LogP contribution in [0.15, 0.2) is 0 Å². The van der Waals surface area contributed by atoms with Crippen molar-refractivity contribution in [3.05, 3.63) is 17.0 Å². The summed E-state index contributed by atoms with van der Waals surface area (Å²) in [5.74, 6) is 1.69. The van der Waals surface area contributed by atoms with Gasteiger partial charge >= 0.3 is 0 Å². The third-order valence-electron chi connectivity index (χ3n) is 4.33. The summed E-state index contributed by atoms with van der Waals surface area (Å²) in [6, 6.07) is 0. The highest BCUT2D eigenvalue weighted by Gasteiger charge is 2.19. The Balaban J connectivity index is 1.75. The van der Waals surface area contributed by atoms with Gasteiger partial charge in [-0.15, -0.1) is 0 Å². The SMILES string of the molecule is Cc1n[nH]c(C)c1C(=O)NCCC1CCC(C)CC1. The lowest BCUT2D eigenvalue weighted by atomic mass is 9.81. The van der Waals surface area contributed by atoms with Crippen molar-refractivity contribution in [2.24, 2.45) is 11.8 Å². The molecule has 1 fully saturated rings. The average Bonchev–Trinajstić information content (AvgIpc) is 2.71. The number of nitrogens with one attached hydrogen (secondary N) is 2. The standard InChI is InChI=1S/C15H25N3O/c1-10-4-6-13(7-5-10)8-9-16-15(19)14-11(2)17-18-12(14)3/h10,13H,4-9H2,1-3H3,(H,16,19)(H,17,18). The van der Waals surface area contributed by atoms with Gasteiger partial charge in [0.15, 0.2) is 0 Å². The van der Waals surface area contributed by atoms with E-state index >= 15 is 0 Å². The molecule has 1 aromatic heterocycles. The summed E-state index contributed by atoms with van der Waals surface area (Å²) in [6.45, 7) is 6.86. The zero-order valence-electron chi connectivity index (χ0n) is 12.3. The third-order valence-corrected chi connectivity index (χ3v) is 4.33. The number of amides is 1. The molecule has 0 atom stereocenters. The second-order valence-corrected chi connectivity index (χ2v) is 5.98. The first-order valence-corrected chi connectivity index (χ1v) is 7.37. The fourth-order valence-electron chi connectivity index (χ4n) is 2.98. The predicted octanol–water partition coefficient (Wildman–Crippen LogP) is 2.97. The first kappa shape index (κ1) is 14.1. The highest BCUT2D eigenvalue weighted by atomic mass is 16.1. The first-order valence-electron chi connectivity index (χ1n) is 7.37. The van der Waals surface area contributed by atoms with Crippen molar-refractivity contribution >= 4 is 5.91 Å². The molecule has 19 heavy (non-hydrogen) atoms. The molecule has 1 aliphatic carbocycles. The molecular weight excluding hydrogens is 238 g/mol. The van der Waals surface area contributed by atoms with Crippen LogP contribution in [0.4, 0.5) is 0 Å². The maximum absolute atomic E-state index is 12.1. The first-order chi connectivity index (χ1) is 9.08. The number of rotatable bonds is 4. The van der Waals surface area contributed by atoms with Crippen molar-refractivity contribution in [2.75, 3.05) is 6.54 Å². The van der Waals surface area contributed by atoms with E-state index in [1.165, 1.54) is 25.7 Å². The number of aromatic nitrogens is 2. The van der Waals surface area contributed by atoms with Gasteiger partial charge < -0.3 is 5.32 Å². The van der Waals surface area contributed by atoms with Crippen molar-refractivity contribution in [2.45, 2.75) is 52.9 Å². The average molecular weight is 263 g/mol. The van der Waals surface area contributed by atoms with Gasteiger partial charge in [-0.1, -0.05) is 32.6 Å². The Hall–Kier alpha value is -1.32. The fourth-order valence-corrected chi connectivity index (χ4v) is 2.98. The molecule has 2 rings (SSSR count). The number of hydrogen-bond donors (Lipinski definition) is 2. The van der Waals surface area contributed by atoms with E-state index in [0.29, 0.717) is 5.56 Å².